The van der Waals surface area contributed by atoms with Crippen LogP contribution in [0, 0.1) is 5.41 Å². The second kappa shape index (κ2) is 14.6. The maximum Gasteiger partial charge on any atom is 0.254 e. The largest absolute Gasteiger partial charge is 0.494 e. The lowest BCUT2D eigenvalue weighted by molar-refractivity contribution is 0.0784. The minimum atomic E-state index is -0.0744. The van der Waals surface area contributed by atoms with Crippen molar-refractivity contribution in [1.82, 2.24) is 4.90 Å². The number of rotatable bonds is 13. The number of hydrogen-bond donors (Lipinski definition) is 2. The van der Waals surface area contributed by atoms with Crippen LogP contribution in [0.15, 0.2) is 72.8 Å². The van der Waals surface area contributed by atoms with Crippen LogP contribution in [0.5, 0.6) is 17.2 Å². The van der Waals surface area contributed by atoms with Crippen LogP contribution in [0.4, 0.5) is 0 Å². The van der Waals surface area contributed by atoms with Gasteiger partial charge in [0.05, 0.1) is 20.3 Å². The minimum absolute atomic E-state index is 0. The number of hydrogen-bond acceptors (Lipinski definition) is 5. The van der Waals surface area contributed by atoms with E-state index in [2.05, 4.69) is 0 Å². The molecule has 3 rings (SSSR count). The van der Waals surface area contributed by atoms with E-state index in [-0.39, 0.29) is 24.1 Å². The lowest BCUT2D eigenvalue weighted by Gasteiger charge is -2.18. The second-order valence-electron chi connectivity index (χ2n) is 8.21. The van der Waals surface area contributed by atoms with Gasteiger partial charge in [0, 0.05) is 24.7 Å². The Labute approximate surface area is 219 Å². The second-order valence-corrected chi connectivity index (χ2v) is 8.21. The number of amides is 1. The highest BCUT2D eigenvalue weighted by molar-refractivity contribution is 5.95. The van der Waals surface area contributed by atoms with Crippen molar-refractivity contribution >= 4 is 24.1 Å². The standard InChI is InChI=1S/C28H33N3O4.ClH/c1-31(20-21-9-5-3-6-10-21)28(32)23-13-16-25(26(19-23)33-2)35-18-8-4-7-17-34-24-14-11-22(12-15-24)27(29)30;/h3,5-6,9-16,19H,4,7-8,17-18,20H2,1-2H3,(H3,29,30);1H. The van der Waals surface area contributed by atoms with Crippen LogP contribution in [0.1, 0.15) is 40.7 Å². The molecule has 0 radical (unpaired) electrons. The van der Waals surface area contributed by atoms with Crippen molar-refractivity contribution < 1.29 is 19.0 Å². The molecule has 0 aliphatic rings. The van der Waals surface area contributed by atoms with Gasteiger partial charge in [-0.05, 0) is 67.3 Å². The third-order valence-electron chi connectivity index (χ3n) is 5.50. The molecule has 8 heteroatoms. The molecular weight excluding hydrogens is 478 g/mol. The number of halogens is 1. The Balaban J connectivity index is 0.00000456. The molecule has 0 spiro atoms. The first-order valence-corrected chi connectivity index (χ1v) is 11.7. The number of unbranched alkanes of at least 4 members (excludes halogenated alkanes) is 2. The van der Waals surface area contributed by atoms with Crippen LogP contribution in [0.25, 0.3) is 0 Å². The maximum atomic E-state index is 12.8. The maximum absolute atomic E-state index is 12.8. The summed E-state index contributed by atoms with van der Waals surface area (Å²) in [5.74, 6) is 1.90. The van der Waals surface area contributed by atoms with E-state index < -0.39 is 0 Å². The van der Waals surface area contributed by atoms with Crippen molar-refractivity contribution in [2.24, 2.45) is 5.73 Å². The molecule has 0 aliphatic carbocycles. The summed E-state index contributed by atoms with van der Waals surface area (Å²) in [6, 6.07) is 22.4. The van der Waals surface area contributed by atoms with E-state index in [1.165, 1.54) is 0 Å². The number of amidine groups is 1. The van der Waals surface area contributed by atoms with E-state index in [1.807, 2.05) is 42.5 Å². The number of nitrogens with two attached hydrogens (primary N) is 1. The average Bonchev–Trinajstić information content (AvgIpc) is 2.88. The first-order valence-electron chi connectivity index (χ1n) is 11.7. The van der Waals surface area contributed by atoms with Gasteiger partial charge >= 0.3 is 0 Å². The molecular formula is C28H34ClN3O4. The molecule has 0 aromatic heterocycles. The number of ether oxygens (including phenoxy) is 3. The normalized spacial score (nSPS) is 10.2. The predicted octanol–water partition coefficient (Wildman–Crippen LogP) is 5.30. The van der Waals surface area contributed by atoms with Gasteiger partial charge < -0.3 is 24.8 Å². The first-order chi connectivity index (χ1) is 17.0. The fraction of sp³-hybridized carbons (Fsp3) is 0.286. The zero-order valence-electron chi connectivity index (χ0n) is 20.7. The molecule has 0 unspecified atom stereocenters. The van der Waals surface area contributed by atoms with E-state index >= 15 is 0 Å². The quantitative estimate of drug-likeness (QED) is 0.184. The molecule has 36 heavy (non-hydrogen) atoms. The fourth-order valence-corrected chi connectivity index (χ4v) is 3.55. The highest BCUT2D eigenvalue weighted by Crippen LogP contribution is 2.29. The average molecular weight is 512 g/mol. The number of nitrogens with one attached hydrogen (secondary N) is 1. The van der Waals surface area contributed by atoms with Crippen LogP contribution < -0.4 is 19.9 Å². The van der Waals surface area contributed by atoms with Gasteiger partial charge in [-0.3, -0.25) is 10.2 Å². The third kappa shape index (κ3) is 8.50. The van der Waals surface area contributed by atoms with E-state index in [9.17, 15) is 4.79 Å². The number of carbonyl (C=O) groups is 1. The number of nitrogens with zero attached hydrogens (tertiary/aromatic N) is 1. The first kappa shape index (κ1) is 28.5. The van der Waals surface area contributed by atoms with Gasteiger partial charge in [-0.2, -0.15) is 0 Å². The summed E-state index contributed by atoms with van der Waals surface area (Å²) in [4.78, 5) is 14.5. The van der Waals surface area contributed by atoms with Gasteiger partial charge in [0.2, 0.25) is 0 Å². The summed E-state index contributed by atoms with van der Waals surface area (Å²) in [6.07, 6.45) is 2.72. The molecule has 0 aliphatic heterocycles. The van der Waals surface area contributed by atoms with Gasteiger partial charge in [0.1, 0.15) is 11.6 Å². The summed E-state index contributed by atoms with van der Waals surface area (Å²) >= 11 is 0. The van der Waals surface area contributed by atoms with Gasteiger partial charge in [0.25, 0.3) is 5.91 Å². The zero-order chi connectivity index (χ0) is 25.0. The van der Waals surface area contributed by atoms with Crippen LogP contribution >= 0.6 is 12.4 Å². The summed E-state index contributed by atoms with van der Waals surface area (Å²) in [5, 5.41) is 7.41. The third-order valence-corrected chi connectivity index (χ3v) is 5.50. The number of nitrogen functional groups attached to an aromatic ring is 1. The lowest BCUT2D eigenvalue weighted by atomic mass is 10.1. The van der Waals surface area contributed by atoms with E-state index in [0.29, 0.717) is 42.4 Å². The van der Waals surface area contributed by atoms with Gasteiger partial charge in [-0.15, -0.1) is 12.4 Å². The number of methoxy groups -OCH3 is 1. The van der Waals surface area contributed by atoms with Gasteiger partial charge in [-0.1, -0.05) is 30.3 Å². The van der Waals surface area contributed by atoms with Crippen LogP contribution in [-0.4, -0.2) is 44.0 Å². The molecule has 0 saturated heterocycles. The Hall–Kier alpha value is -3.71. The molecule has 0 atom stereocenters. The van der Waals surface area contributed by atoms with E-state index in [0.717, 1.165) is 30.6 Å². The van der Waals surface area contributed by atoms with E-state index in [4.69, 9.17) is 25.4 Å². The Morgan fingerprint density at radius 3 is 2.14 bits per heavy atom. The Kier molecular flexibility index (Phi) is 11.6. The highest BCUT2D eigenvalue weighted by Gasteiger charge is 2.15. The molecule has 0 saturated carbocycles. The number of benzene rings is 3. The summed E-state index contributed by atoms with van der Waals surface area (Å²) in [5.41, 5.74) is 7.77. The zero-order valence-corrected chi connectivity index (χ0v) is 21.6. The summed E-state index contributed by atoms with van der Waals surface area (Å²) in [6.45, 7) is 1.69. The van der Waals surface area contributed by atoms with Crippen molar-refractivity contribution in [1.29, 1.82) is 5.41 Å². The molecule has 0 heterocycles. The predicted molar refractivity (Wildman–Crippen MR) is 145 cm³/mol. The Bertz CT molecular complexity index is 1110. The van der Waals surface area contributed by atoms with Gasteiger partial charge in [-0.25, -0.2) is 0 Å². The molecule has 1 amide bonds. The van der Waals surface area contributed by atoms with Crippen molar-refractivity contribution in [2.45, 2.75) is 25.8 Å². The van der Waals surface area contributed by atoms with Crippen LogP contribution in [0.2, 0.25) is 0 Å². The molecule has 3 aromatic rings. The van der Waals surface area contributed by atoms with Crippen molar-refractivity contribution in [3.8, 4) is 17.2 Å². The molecule has 0 fully saturated rings. The molecule has 192 valence electrons. The molecule has 3 aromatic carbocycles. The van der Waals surface area contributed by atoms with Crippen LogP contribution in [0.3, 0.4) is 0 Å². The Morgan fingerprint density at radius 1 is 0.861 bits per heavy atom. The van der Waals surface area contributed by atoms with Crippen molar-refractivity contribution in [3.05, 3.63) is 89.5 Å². The molecule has 3 N–H and O–H groups in total. The summed E-state index contributed by atoms with van der Waals surface area (Å²) in [7, 11) is 3.36. The fourth-order valence-electron chi connectivity index (χ4n) is 3.55. The number of carbonyl (C=O) groups excluding carboxylic acids is 1. The minimum Gasteiger partial charge on any atom is -0.494 e. The molecule has 0 bridgehead atoms. The van der Waals surface area contributed by atoms with Crippen molar-refractivity contribution in [3.63, 3.8) is 0 Å². The lowest BCUT2D eigenvalue weighted by Crippen LogP contribution is -2.26. The SMILES string of the molecule is COc1cc(C(=O)N(C)Cc2ccccc2)ccc1OCCCCCOc1ccc(C(=N)N)cc1.Cl. The smallest absolute Gasteiger partial charge is 0.254 e. The highest BCUT2D eigenvalue weighted by atomic mass is 35.5. The molecule has 7 nitrogen and oxygen atoms in total. The Morgan fingerprint density at radius 2 is 1.50 bits per heavy atom. The topological polar surface area (TPSA) is 97.9 Å². The monoisotopic (exact) mass is 511 g/mol. The van der Waals surface area contributed by atoms with Crippen LogP contribution in [-0.2, 0) is 6.54 Å². The van der Waals surface area contributed by atoms with Gasteiger partial charge in [0.15, 0.2) is 11.5 Å². The van der Waals surface area contributed by atoms with E-state index in [1.54, 1.807) is 49.4 Å². The summed E-state index contributed by atoms with van der Waals surface area (Å²) < 4.78 is 17.1. The van der Waals surface area contributed by atoms with Crippen molar-refractivity contribution in [2.75, 3.05) is 27.4 Å².